The van der Waals surface area contributed by atoms with Crippen LogP contribution in [0.1, 0.15) is 5.56 Å². The van der Waals surface area contributed by atoms with E-state index in [4.69, 9.17) is 25.9 Å². The van der Waals surface area contributed by atoms with Crippen LogP contribution in [0, 0.1) is 0 Å². The van der Waals surface area contributed by atoms with Gasteiger partial charge in [0, 0.05) is 37.7 Å². The van der Waals surface area contributed by atoms with E-state index in [9.17, 15) is 0 Å². The van der Waals surface area contributed by atoms with Gasteiger partial charge in [-0.15, -0.1) is 5.06 Å². The number of hydroxylamine groups is 2. The largest absolute Gasteiger partial charge is 0.493 e. The summed E-state index contributed by atoms with van der Waals surface area (Å²) in [6.45, 7) is 4.76. The van der Waals surface area contributed by atoms with Crippen molar-refractivity contribution in [2.75, 3.05) is 46.9 Å². The van der Waals surface area contributed by atoms with Crippen molar-refractivity contribution < 1.29 is 14.3 Å². The van der Waals surface area contributed by atoms with Crippen LogP contribution in [-0.4, -0.2) is 56.9 Å². The van der Waals surface area contributed by atoms with Gasteiger partial charge in [0.1, 0.15) is 5.75 Å². The molecule has 2 aromatic carbocycles. The molecule has 0 amide bonds. The van der Waals surface area contributed by atoms with E-state index < -0.39 is 0 Å². The molecule has 1 fully saturated rings. The van der Waals surface area contributed by atoms with Crippen molar-refractivity contribution in [3.8, 4) is 17.2 Å². The molecule has 1 saturated heterocycles. The number of rotatable bonds is 7. The molecule has 1 heterocycles. The summed E-state index contributed by atoms with van der Waals surface area (Å²) in [7, 11) is 3.32. The minimum atomic E-state index is 0.720. The fourth-order valence-corrected chi connectivity index (χ4v) is 3.14. The third-order valence-electron chi connectivity index (χ3n) is 4.54. The van der Waals surface area contributed by atoms with E-state index in [-0.39, 0.29) is 0 Å². The lowest BCUT2D eigenvalue weighted by molar-refractivity contribution is -0.0882. The van der Waals surface area contributed by atoms with E-state index in [1.54, 1.807) is 14.2 Å². The average molecular weight is 377 g/mol. The molecular formula is C20H25ClN2O3. The molecule has 140 valence electrons. The molecule has 0 saturated carbocycles. The quantitative estimate of drug-likeness (QED) is 0.738. The van der Waals surface area contributed by atoms with Gasteiger partial charge < -0.3 is 19.2 Å². The number of halogens is 1. The van der Waals surface area contributed by atoms with Crippen molar-refractivity contribution in [1.29, 1.82) is 0 Å². The number of hydrogen-bond donors (Lipinski definition) is 0. The van der Waals surface area contributed by atoms with Crippen LogP contribution in [0.15, 0.2) is 42.5 Å². The maximum absolute atomic E-state index is 5.90. The van der Waals surface area contributed by atoms with Gasteiger partial charge in [-0.1, -0.05) is 17.7 Å². The van der Waals surface area contributed by atoms with Gasteiger partial charge in [-0.05, 0) is 48.4 Å². The molecule has 1 aliphatic heterocycles. The van der Waals surface area contributed by atoms with Crippen LogP contribution in [-0.2, 0) is 6.42 Å². The van der Waals surface area contributed by atoms with Crippen LogP contribution in [0.25, 0.3) is 0 Å². The fraction of sp³-hybridized carbons (Fsp3) is 0.400. The molecule has 6 heteroatoms. The summed E-state index contributed by atoms with van der Waals surface area (Å²) < 4.78 is 10.7. The molecule has 5 nitrogen and oxygen atoms in total. The molecule has 0 aromatic heterocycles. The summed E-state index contributed by atoms with van der Waals surface area (Å²) in [5.41, 5.74) is 1.25. The maximum atomic E-state index is 5.90. The molecule has 0 radical (unpaired) electrons. The molecule has 0 aliphatic carbocycles. The molecule has 3 rings (SSSR count). The standard InChI is InChI=1S/C20H25ClN2O3/c1-24-19-8-3-16(15-20(19)25-2)9-10-22-11-13-23(14-12-22)26-18-6-4-17(21)5-7-18/h3-8,15H,9-14H2,1-2H3. The third-order valence-corrected chi connectivity index (χ3v) is 4.80. The van der Waals surface area contributed by atoms with E-state index >= 15 is 0 Å². The Hall–Kier alpha value is -1.95. The van der Waals surface area contributed by atoms with Gasteiger partial charge >= 0.3 is 0 Å². The first-order chi connectivity index (χ1) is 12.7. The highest BCUT2D eigenvalue weighted by Crippen LogP contribution is 2.27. The van der Waals surface area contributed by atoms with Gasteiger partial charge in [0.2, 0.25) is 0 Å². The molecule has 26 heavy (non-hydrogen) atoms. The van der Waals surface area contributed by atoms with Gasteiger partial charge in [-0.2, -0.15) is 0 Å². The monoisotopic (exact) mass is 376 g/mol. The SMILES string of the molecule is COc1ccc(CCN2CCN(Oc3ccc(Cl)cc3)CC2)cc1OC. The highest BCUT2D eigenvalue weighted by atomic mass is 35.5. The minimum Gasteiger partial charge on any atom is -0.493 e. The van der Waals surface area contributed by atoms with Crippen molar-refractivity contribution in [3.63, 3.8) is 0 Å². The molecule has 2 aromatic rings. The number of piperazine rings is 1. The topological polar surface area (TPSA) is 34.2 Å². The zero-order chi connectivity index (χ0) is 18.4. The third kappa shape index (κ3) is 5.04. The zero-order valence-corrected chi connectivity index (χ0v) is 16.0. The second-order valence-electron chi connectivity index (χ2n) is 6.26. The average Bonchev–Trinajstić information content (AvgIpc) is 2.69. The van der Waals surface area contributed by atoms with Gasteiger partial charge in [0.25, 0.3) is 0 Å². The Balaban J connectivity index is 1.44. The smallest absolute Gasteiger partial charge is 0.160 e. The van der Waals surface area contributed by atoms with E-state index in [0.717, 1.165) is 61.4 Å². The van der Waals surface area contributed by atoms with E-state index in [0.29, 0.717) is 0 Å². The fourth-order valence-electron chi connectivity index (χ4n) is 3.01. The number of benzene rings is 2. The lowest BCUT2D eigenvalue weighted by Gasteiger charge is -2.33. The second-order valence-corrected chi connectivity index (χ2v) is 6.69. The van der Waals surface area contributed by atoms with Crippen LogP contribution in [0.5, 0.6) is 17.2 Å². The summed E-state index contributed by atoms with van der Waals surface area (Å²) in [6.07, 6.45) is 0.985. The maximum Gasteiger partial charge on any atom is 0.160 e. The van der Waals surface area contributed by atoms with Crippen LogP contribution in [0.4, 0.5) is 0 Å². The molecule has 0 unspecified atom stereocenters. The number of methoxy groups -OCH3 is 2. The number of hydrogen-bond acceptors (Lipinski definition) is 5. The molecule has 0 spiro atoms. The first-order valence-corrected chi connectivity index (χ1v) is 9.17. The Kier molecular flexibility index (Phi) is 6.61. The second kappa shape index (κ2) is 9.12. The Morgan fingerprint density at radius 1 is 0.885 bits per heavy atom. The molecular weight excluding hydrogens is 352 g/mol. The highest BCUT2D eigenvalue weighted by Gasteiger charge is 2.18. The molecule has 1 aliphatic rings. The van der Waals surface area contributed by atoms with Gasteiger partial charge in [-0.25, -0.2) is 0 Å². The van der Waals surface area contributed by atoms with Crippen LogP contribution < -0.4 is 14.3 Å². The first-order valence-electron chi connectivity index (χ1n) is 8.79. The van der Waals surface area contributed by atoms with Crippen LogP contribution in [0.3, 0.4) is 0 Å². The van der Waals surface area contributed by atoms with Crippen molar-refractivity contribution >= 4 is 11.6 Å². The zero-order valence-electron chi connectivity index (χ0n) is 15.3. The molecule has 0 atom stereocenters. The number of nitrogens with zero attached hydrogens (tertiary/aromatic N) is 2. The van der Waals surface area contributed by atoms with E-state index in [2.05, 4.69) is 17.0 Å². The predicted octanol–water partition coefficient (Wildman–Crippen LogP) is 3.51. The van der Waals surface area contributed by atoms with Gasteiger partial charge in [0.05, 0.1) is 14.2 Å². The van der Waals surface area contributed by atoms with E-state index in [1.807, 2.05) is 35.4 Å². The summed E-state index contributed by atoms with van der Waals surface area (Å²) in [6, 6.07) is 13.6. The minimum absolute atomic E-state index is 0.720. The Morgan fingerprint density at radius 3 is 2.23 bits per heavy atom. The van der Waals surface area contributed by atoms with Gasteiger partial charge in [0.15, 0.2) is 11.5 Å². The Labute approximate surface area is 160 Å². The highest BCUT2D eigenvalue weighted by molar-refractivity contribution is 6.30. The van der Waals surface area contributed by atoms with Crippen molar-refractivity contribution in [1.82, 2.24) is 9.96 Å². The van der Waals surface area contributed by atoms with E-state index in [1.165, 1.54) is 5.56 Å². The molecule has 0 N–H and O–H groups in total. The summed E-state index contributed by atoms with van der Waals surface area (Å²) in [4.78, 5) is 8.35. The predicted molar refractivity (Wildman–Crippen MR) is 103 cm³/mol. The summed E-state index contributed by atoms with van der Waals surface area (Å²) in [5.74, 6) is 2.38. The van der Waals surface area contributed by atoms with Gasteiger partial charge in [-0.3, -0.25) is 0 Å². The van der Waals surface area contributed by atoms with Crippen molar-refractivity contribution in [2.45, 2.75) is 6.42 Å². The Morgan fingerprint density at radius 2 is 1.58 bits per heavy atom. The van der Waals surface area contributed by atoms with Crippen molar-refractivity contribution in [2.24, 2.45) is 0 Å². The lowest BCUT2D eigenvalue weighted by Crippen LogP contribution is -2.48. The Bertz CT molecular complexity index is 701. The van der Waals surface area contributed by atoms with Crippen molar-refractivity contribution in [3.05, 3.63) is 53.1 Å². The summed E-state index contributed by atoms with van der Waals surface area (Å²) >= 11 is 5.90. The normalized spacial score (nSPS) is 15.7. The van der Waals surface area contributed by atoms with Crippen LogP contribution >= 0.6 is 11.6 Å². The lowest BCUT2D eigenvalue weighted by atomic mass is 10.1. The first kappa shape index (κ1) is 18.8. The summed E-state index contributed by atoms with van der Waals surface area (Å²) in [5, 5.41) is 2.73. The number of ether oxygens (including phenoxy) is 2. The van der Waals surface area contributed by atoms with Crippen LogP contribution in [0.2, 0.25) is 5.02 Å². The molecule has 0 bridgehead atoms.